The zero-order valence-electron chi connectivity index (χ0n) is 4.52. The Kier molecular flexibility index (Phi) is 1.27. The molecule has 3 N–H and O–H groups in total. The van der Waals surface area contributed by atoms with Crippen LogP contribution in [0, 0.1) is 0 Å². The summed E-state index contributed by atoms with van der Waals surface area (Å²) in [6.07, 6.45) is 0.199. The molecular weight excluding hydrogens is 90.1 g/mol. The van der Waals surface area contributed by atoms with E-state index in [9.17, 15) is 0 Å². The van der Waals surface area contributed by atoms with Crippen LogP contribution >= 0.6 is 0 Å². The van der Waals surface area contributed by atoms with Crippen molar-refractivity contribution in [2.24, 2.45) is 5.73 Å². The van der Waals surface area contributed by atoms with Gasteiger partial charge in [0.15, 0.2) is 0 Å². The van der Waals surface area contributed by atoms with Crippen LogP contribution in [0.3, 0.4) is 0 Å². The number of nitrogens with one attached hydrogen (secondary N) is 1. The zero-order valence-corrected chi connectivity index (χ0v) is 4.52. The van der Waals surface area contributed by atoms with Gasteiger partial charge in [-0.1, -0.05) is 0 Å². The van der Waals surface area contributed by atoms with Crippen molar-refractivity contribution in [3.8, 4) is 0 Å². The average Bonchev–Trinajstić information content (AvgIpc) is 1.87. The van der Waals surface area contributed by atoms with Gasteiger partial charge in [0.2, 0.25) is 0 Å². The molecule has 0 spiro atoms. The minimum Gasteiger partial charge on any atom is -0.315 e. The summed E-state index contributed by atoms with van der Waals surface area (Å²) in [6, 6.07) is 0. The van der Waals surface area contributed by atoms with Gasteiger partial charge in [0, 0.05) is 13.2 Å². The highest BCUT2D eigenvalue weighted by molar-refractivity contribution is 4.69. The Labute approximate surface area is 43.5 Å². The fourth-order valence-corrected chi connectivity index (χ4v) is 0.738. The van der Waals surface area contributed by atoms with E-state index in [1.165, 1.54) is 0 Å². The summed E-state index contributed by atoms with van der Waals surface area (Å²) in [5, 5.41) is 3.07. The van der Waals surface area contributed by atoms with Crippen molar-refractivity contribution in [2.45, 2.75) is 6.17 Å². The molecule has 1 aliphatic rings. The fourth-order valence-electron chi connectivity index (χ4n) is 0.738. The summed E-state index contributed by atoms with van der Waals surface area (Å²) in [6.45, 7) is 1.90. The predicted octanol–water partition coefficient (Wildman–Crippen LogP) is -1.24. The number of likely N-dealkylation sites (N-methyl/N-ethyl adjacent to an activating group) is 1. The van der Waals surface area contributed by atoms with Gasteiger partial charge in [-0.05, 0) is 7.05 Å². The maximum Gasteiger partial charge on any atom is 0.0687 e. The Hall–Kier alpha value is -0.120. The minimum absolute atomic E-state index is 0.199. The predicted molar refractivity (Wildman–Crippen MR) is 28.6 cm³/mol. The molecule has 1 fully saturated rings. The van der Waals surface area contributed by atoms with E-state index < -0.39 is 0 Å². The van der Waals surface area contributed by atoms with E-state index in [0.717, 1.165) is 13.2 Å². The number of hydrogen-bond acceptors (Lipinski definition) is 3. The second-order valence-electron chi connectivity index (χ2n) is 2.01. The van der Waals surface area contributed by atoms with Crippen LogP contribution in [-0.2, 0) is 0 Å². The van der Waals surface area contributed by atoms with Crippen LogP contribution in [0.25, 0.3) is 0 Å². The lowest BCUT2D eigenvalue weighted by Crippen LogP contribution is -2.32. The van der Waals surface area contributed by atoms with Gasteiger partial charge in [0.05, 0.1) is 6.17 Å². The van der Waals surface area contributed by atoms with Crippen LogP contribution in [0.4, 0.5) is 0 Å². The molecule has 1 saturated heterocycles. The molecule has 0 radical (unpaired) electrons. The number of hydrogen-bond donors (Lipinski definition) is 2. The molecule has 0 bridgehead atoms. The van der Waals surface area contributed by atoms with Gasteiger partial charge < -0.3 is 5.73 Å². The van der Waals surface area contributed by atoms with Crippen molar-refractivity contribution in [3.05, 3.63) is 0 Å². The third-order valence-corrected chi connectivity index (χ3v) is 1.13. The monoisotopic (exact) mass is 101 g/mol. The average molecular weight is 101 g/mol. The standard InChI is InChI=1S/C4H11N3/c1-7-2-4(5)6-3-7/h4,6H,2-3,5H2,1H3. The Morgan fingerprint density at radius 1 is 1.86 bits per heavy atom. The molecule has 0 aromatic rings. The van der Waals surface area contributed by atoms with Crippen molar-refractivity contribution >= 4 is 0 Å². The minimum atomic E-state index is 0.199. The first-order valence-corrected chi connectivity index (χ1v) is 2.46. The van der Waals surface area contributed by atoms with Gasteiger partial charge >= 0.3 is 0 Å². The second-order valence-corrected chi connectivity index (χ2v) is 2.01. The van der Waals surface area contributed by atoms with Crippen LogP contribution in [-0.4, -0.2) is 31.3 Å². The smallest absolute Gasteiger partial charge is 0.0687 e. The summed E-state index contributed by atoms with van der Waals surface area (Å²) in [4.78, 5) is 2.14. The molecule has 3 heteroatoms. The summed E-state index contributed by atoms with van der Waals surface area (Å²) in [5.41, 5.74) is 5.47. The van der Waals surface area contributed by atoms with Gasteiger partial charge in [-0.15, -0.1) is 0 Å². The molecule has 0 saturated carbocycles. The maximum absolute atomic E-state index is 5.47. The molecular formula is C4H11N3. The van der Waals surface area contributed by atoms with Crippen LogP contribution < -0.4 is 11.1 Å². The van der Waals surface area contributed by atoms with Crippen molar-refractivity contribution in [1.29, 1.82) is 0 Å². The highest BCUT2D eigenvalue weighted by atomic mass is 15.3. The van der Waals surface area contributed by atoms with Gasteiger partial charge in [-0.2, -0.15) is 0 Å². The van der Waals surface area contributed by atoms with E-state index >= 15 is 0 Å². The highest BCUT2D eigenvalue weighted by Crippen LogP contribution is 1.88. The molecule has 1 aliphatic heterocycles. The number of nitrogens with zero attached hydrogens (tertiary/aromatic N) is 1. The SMILES string of the molecule is CN1CNC(N)C1. The third kappa shape index (κ3) is 1.12. The van der Waals surface area contributed by atoms with Gasteiger partial charge in [-0.25, -0.2) is 0 Å². The summed E-state index contributed by atoms with van der Waals surface area (Å²) >= 11 is 0. The fraction of sp³-hybridized carbons (Fsp3) is 1.00. The van der Waals surface area contributed by atoms with Crippen molar-refractivity contribution < 1.29 is 0 Å². The first-order valence-electron chi connectivity index (χ1n) is 2.46. The quantitative estimate of drug-likeness (QED) is 0.401. The molecule has 3 nitrogen and oxygen atoms in total. The van der Waals surface area contributed by atoms with Crippen molar-refractivity contribution in [3.63, 3.8) is 0 Å². The lowest BCUT2D eigenvalue weighted by Gasteiger charge is -2.01. The first-order chi connectivity index (χ1) is 3.29. The topological polar surface area (TPSA) is 41.3 Å². The molecule has 0 aromatic heterocycles. The molecule has 0 aromatic carbocycles. The Balaban J connectivity index is 2.26. The van der Waals surface area contributed by atoms with Crippen molar-refractivity contribution in [2.75, 3.05) is 20.3 Å². The van der Waals surface area contributed by atoms with E-state index in [-0.39, 0.29) is 6.17 Å². The van der Waals surface area contributed by atoms with E-state index in [0.29, 0.717) is 0 Å². The normalized spacial score (nSPS) is 34.3. The second kappa shape index (κ2) is 1.78. The highest BCUT2D eigenvalue weighted by Gasteiger charge is 2.12. The Morgan fingerprint density at radius 2 is 2.57 bits per heavy atom. The van der Waals surface area contributed by atoms with Crippen LogP contribution in [0.15, 0.2) is 0 Å². The van der Waals surface area contributed by atoms with Crippen LogP contribution in [0.5, 0.6) is 0 Å². The Bertz CT molecular complexity index is 56.0. The molecule has 1 unspecified atom stereocenters. The summed E-state index contributed by atoms with van der Waals surface area (Å²) < 4.78 is 0. The lowest BCUT2D eigenvalue weighted by molar-refractivity contribution is 0.407. The maximum atomic E-state index is 5.47. The molecule has 1 rings (SSSR count). The summed E-state index contributed by atoms with van der Waals surface area (Å²) in [7, 11) is 2.04. The van der Waals surface area contributed by atoms with E-state index in [1.807, 2.05) is 7.05 Å². The largest absolute Gasteiger partial charge is 0.315 e. The van der Waals surface area contributed by atoms with Gasteiger partial charge in [0.25, 0.3) is 0 Å². The third-order valence-electron chi connectivity index (χ3n) is 1.13. The Morgan fingerprint density at radius 3 is 2.71 bits per heavy atom. The molecule has 1 atom stereocenters. The van der Waals surface area contributed by atoms with Crippen molar-refractivity contribution in [1.82, 2.24) is 10.2 Å². The van der Waals surface area contributed by atoms with E-state index in [2.05, 4.69) is 10.2 Å². The van der Waals surface area contributed by atoms with Gasteiger partial charge in [0.1, 0.15) is 0 Å². The van der Waals surface area contributed by atoms with E-state index in [1.54, 1.807) is 0 Å². The first kappa shape index (κ1) is 5.03. The van der Waals surface area contributed by atoms with E-state index in [4.69, 9.17) is 5.73 Å². The molecule has 0 amide bonds. The van der Waals surface area contributed by atoms with Crippen LogP contribution in [0.1, 0.15) is 0 Å². The molecule has 0 aliphatic carbocycles. The number of rotatable bonds is 0. The molecule has 42 valence electrons. The summed E-state index contributed by atoms with van der Waals surface area (Å²) in [5.74, 6) is 0. The molecule has 1 heterocycles. The van der Waals surface area contributed by atoms with Crippen LogP contribution in [0.2, 0.25) is 0 Å². The molecule has 7 heavy (non-hydrogen) atoms. The zero-order chi connectivity index (χ0) is 5.28. The lowest BCUT2D eigenvalue weighted by atomic mass is 10.5. The number of nitrogens with two attached hydrogens (primary N) is 1. The van der Waals surface area contributed by atoms with Gasteiger partial charge in [-0.3, -0.25) is 10.2 Å².